The highest BCUT2D eigenvalue weighted by Crippen LogP contribution is 2.46. The number of alkyl halides is 3. The van der Waals surface area contributed by atoms with E-state index in [4.69, 9.17) is 4.74 Å². The van der Waals surface area contributed by atoms with E-state index in [0.717, 1.165) is 6.07 Å². The molecule has 3 rings (SSSR count). The van der Waals surface area contributed by atoms with Crippen LogP contribution in [0.1, 0.15) is 43.2 Å². The van der Waals surface area contributed by atoms with Crippen LogP contribution in [0.3, 0.4) is 0 Å². The lowest BCUT2D eigenvalue weighted by Gasteiger charge is -2.35. The lowest BCUT2D eigenvalue weighted by molar-refractivity contribution is -0.140. The zero-order valence-corrected chi connectivity index (χ0v) is 15.4. The molecule has 0 aromatic heterocycles. The topological polar surface area (TPSA) is 55.4 Å². The van der Waals surface area contributed by atoms with Gasteiger partial charge in [-0.2, -0.15) is 13.2 Å². The maximum atomic E-state index is 13.7. The standard InChI is InChI=1S/C21H20F3NO3/c1-3-11-28-20(27)17-12(2)25-15-9-6-10-16(26)19(15)18(17)13-7-4-5-8-14(13)21(22,23)24/h3-5,7-8,18,25H,1,6,9-11H2,2H3/t18-/m1/s1. The second-order valence-corrected chi connectivity index (χ2v) is 6.74. The van der Waals surface area contributed by atoms with Gasteiger partial charge in [0, 0.05) is 29.3 Å². The number of nitrogens with one attached hydrogen (secondary N) is 1. The molecule has 1 aromatic rings. The number of halogens is 3. The van der Waals surface area contributed by atoms with E-state index < -0.39 is 23.6 Å². The average Bonchev–Trinajstić information content (AvgIpc) is 2.64. The van der Waals surface area contributed by atoms with Crippen molar-refractivity contribution in [3.63, 3.8) is 0 Å². The number of ketones is 1. The first kappa shape index (κ1) is 19.9. The third kappa shape index (κ3) is 3.61. The summed E-state index contributed by atoms with van der Waals surface area (Å²) in [5.74, 6) is -2.15. The number of carbonyl (C=O) groups is 2. The van der Waals surface area contributed by atoms with E-state index in [0.29, 0.717) is 24.2 Å². The van der Waals surface area contributed by atoms with Crippen molar-refractivity contribution in [2.24, 2.45) is 0 Å². The molecule has 1 atom stereocenters. The highest BCUT2D eigenvalue weighted by molar-refractivity contribution is 6.03. The maximum absolute atomic E-state index is 13.7. The largest absolute Gasteiger partial charge is 0.458 e. The van der Waals surface area contributed by atoms with E-state index in [9.17, 15) is 22.8 Å². The lowest BCUT2D eigenvalue weighted by atomic mass is 9.74. The summed E-state index contributed by atoms with van der Waals surface area (Å²) in [6.07, 6.45) is -1.86. The fourth-order valence-corrected chi connectivity index (χ4v) is 3.78. The fourth-order valence-electron chi connectivity index (χ4n) is 3.78. The van der Waals surface area contributed by atoms with Crippen molar-refractivity contribution in [2.75, 3.05) is 6.61 Å². The van der Waals surface area contributed by atoms with Gasteiger partial charge in [0.15, 0.2) is 5.78 Å². The van der Waals surface area contributed by atoms with E-state index in [1.165, 1.54) is 24.3 Å². The zero-order chi connectivity index (χ0) is 20.5. The summed E-state index contributed by atoms with van der Waals surface area (Å²) in [5, 5.41) is 3.04. The first-order chi connectivity index (χ1) is 13.3. The van der Waals surface area contributed by atoms with Crippen LogP contribution >= 0.6 is 0 Å². The van der Waals surface area contributed by atoms with Gasteiger partial charge < -0.3 is 10.1 Å². The van der Waals surface area contributed by atoms with Gasteiger partial charge in [0.05, 0.1) is 11.1 Å². The van der Waals surface area contributed by atoms with Crippen LogP contribution < -0.4 is 5.32 Å². The molecule has 0 saturated heterocycles. The van der Waals surface area contributed by atoms with Crippen molar-refractivity contribution in [3.05, 3.63) is 70.6 Å². The molecule has 0 fully saturated rings. The van der Waals surface area contributed by atoms with Crippen LogP contribution in [0.4, 0.5) is 13.2 Å². The van der Waals surface area contributed by atoms with Gasteiger partial charge in [-0.15, -0.1) is 0 Å². The highest BCUT2D eigenvalue weighted by Gasteiger charge is 2.43. The van der Waals surface area contributed by atoms with E-state index in [1.807, 2.05) is 0 Å². The molecule has 0 bridgehead atoms. The Kier molecular flexibility index (Phi) is 5.45. The van der Waals surface area contributed by atoms with E-state index >= 15 is 0 Å². The van der Waals surface area contributed by atoms with Crippen LogP contribution in [0, 0.1) is 0 Å². The van der Waals surface area contributed by atoms with Crippen molar-refractivity contribution in [1.29, 1.82) is 0 Å². The SMILES string of the molecule is C=CCOC(=O)C1=C(C)NC2=C(C(=O)CCC2)[C@@H]1c1ccccc1C(F)(F)F. The van der Waals surface area contributed by atoms with E-state index in [-0.39, 0.29) is 35.5 Å². The Balaban J connectivity index is 2.23. The van der Waals surface area contributed by atoms with Crippen molar-refractivity contribution in [1.82, 2.24) is 5.32 Å². The Morgan fingerprint density at radius 2 is 2.04 bits per heavy atom. The molecule has 1 aliphatic heterocycles. The van der Waals surface area contributed by atoms with Gasteiger partial charge in [0.2, 0.25) is 0 Å². The van der Waals surface area contributed by atoms with Crippen molar-refractivity contribution in [3.8, 4) is 0 Å². The highest BCUT2D eigenvalue weighted by atomic mass is 19.4. The quantitative estimate of drug-likeness (QED) is 0.611. The Morgan fingerprint density at radius 1 is 1.32 bits per heavy atom. The van der Waals surface area contributed by atoms with Gasteiger partial charge in [0.1, 0.15) is 6.61 Å². The molecule has 148 valence electrons. The monoisotopic (exact) mass is 391 g/mol. The summed E-state index contributed by atoms with van der Waals surface area (Å²) in [6, 6.07) is 5.05. The Labute approximate surface area is 160 Å². The Morgan fingerprint density at radius 3 is 2.71 bits per heavy atom. The van der Waals surface area contributed by atoms with Gasteiger partial charge in [-0.05, 0) is 31.4 Å². The number of hydrogen-bond acceptors (Lipinski definition) is 4. The number of esters is 1. The minimum Gasteiger partial charge on any atom is -0.458 e. The summed E-state index contributed by atoms with van der Waals surface area (Å²) >= 11 is 0. The van der Waals surface area contributed by atoms with Gasteiger partial charge in [-0.3, -0.25) is 4.79 Å². The average molecular weight is 391 g/mol. The fraction of sp³-hybridized carbons (Fsp3) is 0.333. The van der Waals surface area contributed by atoms with Crippen LogP contribution in [0.25, 0.3) is 0 Å². The van der Waals surface area contributed by atoms with Crippen molar-refractivity contribution >= 4 is 11.8 Å². The molecule has 1 aliphatic carbocycles. The molecule has 1 aromatic carbocycles. The molecule has 2 aliphatic rings. The molecule has 0 saturated carbocycles. The maximum Gasteiger partial charge on any atom is 0.416 e. The molecule has 7 heteroatoms. The van der Waals surface area contributed by atoms with Gasteiger partial charge in [-0.25, -0.2) is 4.79 Å². The van der Waals surface area contributed by atoms with Crippen LogP contribution in [-0.4, -0.2) is 18.4 Å². The molecule has 0 unspecified atom stereocenters. The number of carbonyl (C=O) groups excluding carboxylic acids is 2. The van der Waals surface area contributed by atoms with Crippen LogP contribution in [0.15, 0.2) is 59.5 Å². The van der Waals surface area contributed by atoms with Crippen molar-refractivity contribution in [2.45, 2.75) is 38.3 Å². The smallest absolute Gasteiger partial charge is 0.416 e. The predicted octanol–water partition coefficient (Wildman–Crippen LogP) is 4.40. The predicted molar refractivity (Wildman–Crippen MR) is 97.1 cm³/mol. The third-order valence-corrected chi connectivity index (χ3v) is 4.91. The van der Waals surface area contributed by atoms with Crippen LogP contribution in [-0.2, 0) is 20.5 Å². The van der Waals surface area contributed by atoms with Crippen molar-refractivity contribution < 1.29 is 27.5 Å². The summed E-state index contributed by atoms with van der Waals surface area (Å²) in [7, 11) is 0. The molecule has 1 heterocycles. The number of allylic oxidation sites excluding steroid dienone is 3. The number of ether oxygens (including phenoxy) is 1. The summed E-state index contributed by atoms with van der Waals surface area (Å²) in [6.45, 7) is 5.00. The number of benzene rings is 1. The second-order valence-electron chi connectivity index (χ2n) is 6.74. The number of dihydropyridines is 1. The number of Topliss-reactive ketones (excluding diaryl/α,β-unsaturated/α-hetero) is 1. The first-order valence-electron chi connectivity index (χ1n) is 8.93. The Hall–Kier alpha value is -2.83. The van der Waals surface area contributed by atoms with Gasteiger partial charge in [-0.1, -0.05) is 30.9 Å². The van der Waals surface area contributed by atoms with Gasteiger partial charge >= 0.3 is 12.1 Å². The molecule has 0 radical (unpaired) electrons. The molecule has 28 heavy (non-hydrogen) atoms. The molecule has 0 amide bonds. The lowest BCUT2D eigenvalue weighted by Crippen LogP contribution is -2.35. The minimum atomic E-state index is -4.62. The molecule has 4 nitrogen and oxygen atoms in total. The van der Waals surface area contributed by atoms with Crippen LogP contribution in [0.2, 0.25) is 0 Å². The first-order valence-corrected chi connectivity index (χ1v) is 8.93. The van der Waals surface area contributed by atoms with E-state index in [2.05, 4.69) is 11.9 Å². The third-order valence-electron chi connectivity index (χ3n) is 4.91. The minimum absolute atomic E-state index is 0.0209. The zero-order valence-electron chi connectivity index (χ0n) is 15.4. The molecular weight excluding hydrogens is 371 g/mol. The van der Waals surface area contributed by atoms with Crippen LogP contribution in [0.5, 0.6) is 0 Å². The number of hydrogen-bond donors (Lipinski definition) is 1. The summed E-state index contributed by atoms with van der Waals surface area (Å²) in [5.41, 5.74) is 0.227. The molecule has 1 N–H and O–H groups in total. The molecule has 0 spiro atoms. The molecular formula is C21H20F3NO3. The summed E-state index contributed by atoms with van der Waals surface area (Å²) < 4.78 is 46.2. The second kappa shape index (κ2) is 7.66. The number of rotatable bonds is 4. The summed E-state index contributed by atoms with van der Waals surface area (Å²) in [4.78, 5) is 25.4. The van der Waals surface area contributed by atoms with Gasteiger partial charge in [0.25, 0.3) is 0 Å². The normalized spacial score (nSPS) is 19.9. The Bertz CT molecular complexity index is 896. The van der Waals surface area contributed by atoms with E-state index in [1.54, 1.807) is 6.92 Å².